The van der Waals surface area contributed by atoms with E-state index in [4.69, 9.17) is 4.74 Å². The van der Waals surface area contributed by atoms with Gasteiger partial charge in [0.05, 0.1) is 17.4 Å². The molecule has 2 aromatic rings. The van der Waals surface area contributed by atoms with Crippen LogP contribution < -0.4 is 0 Å². The number of nitrogens with zero attached hydrogens (tertiary/aromatic N) is 1. The molecule has 1 atom stereocenters. The van der Waals surface area contributed by atoms with Crippen molar-refractivity contribution in [2.75, 3.05) is 19.1 Å². The molecule has 0 saturated carbocycles. The van der Waals surface area contributed by atoms with Crippen molar-refractivity contribution in [3.8, 4) is 0 Å². The van der Waals surface area contributed by atoms with E-state index in [1.54, 1.807) is 36.6 Å². The van der Waals surface area contributed by atoms with E-state index in [9.17, 15) is 13.2 Å². The van der Waals surface area contributed by atoms with Crippen molar-refractivity contribution < 1.29 is 22.3 Å². The van der Waals surface area contributed by atoms with E-state index in [1.165, 1.54) is 42.2 Å². The molecule has 0 aliphatic carbocycles. The van der Waals surface area contributed by atoms with Crippen LogP contribution >= 0.6 is 11.8 Å². The van der Waals surface area contributed by atoms with Crippen LogP contribution in [0.1, 0.15) is 12.0 Å². The zero-order valence-electron chi connectivity index (χ0n) is 16.1. The van der Waals surface area contributed by atoms with Gasteiger partial charge in [0, 0.05) is 6.21 Å². The van der Waals surface area contributed by atoms with Crippen LogP contribution in [-0.2, 0) is 19.4 Å². The molecule has 2 rings (SSSR count). The smallest absolute Gasteiger partial charge is 0.340 e. The highest BCUT2D eigenvalue weighted by Crippen LogP contribution is 2.32. The average Bonchev–Trinajstić information content (AvgIpc) is 2.74. The molecule has 0 unspecified atom stereocenters. The highest BCUT2D eigenvalue weighted by atomic mass is 32.2. The Morgan fingerprint density at radius 3 is 2.28 bits per heavy atom. The average molecular weight is 436 g/mol. The number of thioether (sulfide) groups is 1. The number of carbonyl (C=O) groups excluding carboxylic acids is 1. The maximum Gasteiger partial charge on any atom is 0.340 e. The standard InChI is InChI=1S/C21H22FNO4S2/c1-27-20(24)21(13-14-28-2,23-15-17-9-5-3-6-10-17)19(22)16-29(25,26)18-11-7-4-8-12-18/h3-12,15-16H,13-14H2,1-2H3/b19-16-,23-15?/t21-/m1/s1. The molecule has 0 bridgehead atoms. The third-order valence-electron chi connectivity index (χ3n) is 4.15. The van der Waals surface area contributed by atoms with Crippen LogP contribution in [0, 0.1) is 0 Å². The molecule has 8 heteroatoms. The van der Waals surface area contributed by atoms with Gasteiger partial charge in [-0.05, 0) is 36.1 Å². The predicted octanol–water partition coefficient (Wildman–Crippen LogP) is 4.06. The van der Waals surface area contributed by atoms with Crippen LogP contribution in [0.4, 0.5) is 4.39 Å². The Kier molecular flexibility index (Phi) is 8.16. The number of rotatable bonds is 9. The molecule has 0 aromatic heterocycles. The number of hydrogen-bond donors (Lipinski definition) is 0. The third kappa shape index (κ3) is 5.77. The summed E-state index contributed by atoms with van der Waals surface area (Å²) in [7, 11) is -3.00. The summed E-state index contributed by atoms with van der Waals surface area (Å²) in [6.07, 6.45) is 3.09. The first kappa shape index (κ1) is 22.8. The molecular weight excluding hydrogens is 413 g/mol. The maximum absolute atomic E-state index is 15.4. The molecule has 0 heterocycles. The Morgan fingerprint density at radius 2 is 1.72 bits per heavy atom. The quantitative estimate of drug-likeness (QED) is 0.439. The first-order chi connectivity index (χ1) is 13.9. The number of ether oxygens (including phenoxy) is 1. The zero-order chi connectivity index (χ0) is 21.3. The number of halogens is 1. The van der Waals surface area contributed by atoms with Crippen LogP contribution in [0.2, 0.25) is 0 Å². The Bertz CT molecular complexity index is 976. The molecule has 0 amide bonds. The molecule has 0 saturated heterocycles. The van der Waals surface area contributed by atoms with Gasteiger partial charge in [-0.2, -0.15) is 11.8 Å². The molecule has 2 aromatic carbocycles. The van der Waals surface area contributed by atoms with Gasteiger partial charge in [-0.15, -0.1) is 0 Å². The van der Waals surface area contributed by atoms with Gasteiger partial charge in [0.1, 0.15) is 0 Å². The normalized spacial score (nSPS) is 14.5. The topological polar surface area (TPSA) is 72.8 Å². The van der Waals surface area contributed by atoms with E-state index >= 15 is 4.39 Å². The minimum Gasteiger partial charge on any atom is -0.467 e. The molecule has 0 aliphatic heterocycles. The summed E-state index contributed by atoms with van der Waals surface area (Å²) in [6.45, 7) is 0. The molecule has 29 heavy (non-hydrogen) atoms. The first-order valence-electron chi connectivity index (χ1n) is 8.71. The monoisotopic (exact) mass is 435 g/mol. The maximum atomic E-state index is 15.4. The van der Waals surface area contributed by atoms with E-state index < -0.39 is 27.2 Å². The number of carbonyl (C=O) groups is 1. The van der Waals surface area contributed by atoms with Crippen LogP contribution in [0.5, 0.6) is 0 Å². The minimum atomic E-state index is -4.12. The van der Waals surface area contributed by atoms with Crippen molar-refractivity contribution >= 4 is 33.8 Å². The van der Waals surface area contributed by atoms with Crippen molar-refractivity contribution in [1.29, 1.82) is 0 Å². The summed E-state index contributed by atoms with van der Waals surface area (Å²) in [5.41, 5.74) is -1.45. The number of methoxy groups -OCH3 is 1. The number of benzene rings is 2. The molecule has 154 valence electrons. The summed E-state index contributed by atoms with van der Waals surface area (Å²) >= 11 is 1.38. The van der Waals surface area contributed by atoms with Gasteiger partial charge in [0.25, 0.3) is 0 Å². The highest BCUT2D eigenvalue weighted by Gasteiger charge is 2.44. The Morgan fingerprint density at radius 1 is 1.14 bits per heavy atom. The second-order valence-corrected chi connectivity index (χ2v) is 8.87. The molecule has 0 aliphatic rings. The van der Waals surface area contributed by atoms with E-state index in [0.29, 0.717) is 16.7 Å². The van der Waals surface area contributed by atoms with Gasteiger partial charge in [-0.25, -0.2) is 17.6 Å². The number of hydrogen-bond acceptors (Lipinski definition) is 6. The second-order valence-electron chi connectivity index (χ2n) is 6.09. The van der Waals surface area contributed by atoms with Crippen molar-refractivity contribution in [3.63, 3.8) is 0 Å². The summed E-state index contributed by atoms with van der Waals surface area (Å²) in [4.78, 5) is 16.7. The van der Waals surface area contributed by atoms with Crippen LogP contribution in [0.25, 0.3) is 0 Å². The van der Waals surface area contributed by atoms with Crippen molar-refractivity contribution in [3.05, 3.63) is 77.5 Å². The molecule has 5 nitrogen and oxygen atoms in total. The van der Waals surface area contributed by atoms with E-state index in [1.807, 2.05) is 6.07 Å². The Labute approximate surface area is 174 Å². The van der Waals surface area contributed by atoms with Crippen LogP contribution in [0.3, 0.4) is 0 Å². The molecule has 0 N–H and O–H groups in total. The lowest BCUT2D eigenvalue weighted by molar-refractivity contribution is -0.146. The third-order valence-corrected chi connectivity index (χ3v) is 6.21. The number of esters is 1. The summed E-state index contributed by atoms with van der Waals surface area (Å²) in [6, 6.07) is 16.3. The molecule has 0 radical (unpaired) electrons. The fourth-order valence-electron chi connectivity index (χ4n) is 2.55. The lowest BCUT2D eigenvalue weighted by atomic mass is 9.95. The molecule has 0 fully saturated rings. The van der Waals surface area contributed by atoms with Gasteiger partial charge in [0.2, 0.25) is 15.4 Å². The van der Waals surface area contributed by atoms with E-state index in [2.05, 4.69) is 4.99 Å². The van der Waals surface area contributed by atoms with Crippen molar-refractivity contribution in [2.45, 2.75) is 16.9 Å². The lowest BCUT2D eigenvalue weighted by Crippen LogP contribution is -2.40. The number of aliphatic imine (C=N–C) groups is 1. The predicted molar refractivity (Wildman–Crippen MR) is 115 cm³/mol. The lowest BCUT2D eigenvalue weighted by Gasteiger charge is -2.25. The molecular formula is C21H22FNO4S2. The van der Waals surface area contributed by atoms with Gasteiger partial charge in [-0.1, -0.05) is 48.5 Å². The van der Waals surface area contributed by atoms with Crippen LogP contribution in [-0.4, -0.2) is 45.3 Å². The summed E-state index contributed by atoms with van der Waals surface area (Å²) in [5.74, 6) is -1.78. The Hall–Kier alpha value is -2.45. The second kappa shape index (κ2) is 10.4. The fraction of sp³-hybridized carbons (Fsp3) is 0.238. The van der Waals surface area contributed by atoms with E-state index in [-0.39, 0.29) is 11.3 Å². The summed E-state index contributed by atoms with van der Waals surface area (Å²) in [5, 5.41) is 0.460. The largest absolute Gasteiger partial charge is 0.467 e. The van der Waals surface area contributed by atoms with E-state index in [0.717, 1.165) is 7.11 Å². The number of sulfone groups is 1. The SMILES string of the molecule is COC(=O)[C@](CCSC)(N=Cc1ccccc1)/C(F)=C/S(=O)(=O)c1ccccc1. The van der Waals surface area contributed by atoms with Crippen molar-refractivity contribution in [2.24, 2.45) is 4.99 Å². The Balaban J connectivity index is 2.57. The van der Waals surface area contributed by atoms with Crippen molar-refractivity contribution in [1.82, 2.24) is 0 Å². The van der Waals surface area contributed by atoms with Gasteiger partial charge in [-0.3, -0.25) is 4.99 Å². The first-order valence-corrected chi connectivity index (χ1v) is 11.6. The minimum absolute atomic E-state index is 0.0587. The zero-order valence-corrected chi connectivity index (χ0v) is 17.8. The highest BCUT2D eigenvalue weighted by molar-refractivity contribution is 7.98. The van der Waals surface area contributed by atoms with Crippen LogP contribution in [0.15, 0.2) is 81.8 Å². The molecule has 0 spiro atoms. The van der Waals surface area contributed by atoms with Gasteiger partial charge < -0.3 is 4.74 Å². The van der Waals surface area contributed by atoms with Gasteiger partial charge in [0.15, 0.2) is 5.83 Å². The fourth-order valence-corrected chi connectivity index (χ4v) is 4.19. The van der Waals surface area contributed by atoms with Gasteiger partial charge >= 0.3 is 5.97 Å². The summed E-state index contributed by atoms with van der Waals surface area (Å²) < 4.78 is 45.5.